The third kappa shape index (κ3) is 8.06. The van der Waals surface area contributed by atoms with Crippen LogP contribution in [0.2, 0.25) is 0 Å². The second kappa shape index (κ2) is 11.5. The van der Waals surface area contributed by atoms with Crippen molar-refractivity contribution < 1.29 is 9.47 Å². The number of benzene rings is 1. The molecule has 1 aromatic heterocycles. The Hall–Kier alpha value is -2.03. The second-order valence-corrected chi connectivity index (χ2v) is 5.33. The number of pyridine rings is 1. The first-order chi connectivity index (χ1) is 11.7. The fraction of sp³-hybridized carbons (Fsp3) is 0.333. The van der Waals surface area contributed by atoms with Crippen LogP contribution in [-0.2, 0) is 6.42 Å². The highest BCUT2D eigenvalue weighted by atomic mass is 127. The van der Waals surface area contributed by atoms with Crippen molar-refractivity contribution in [1.82, 2.24) is 10.3 Å². The molecule has 136 valence electrons. The Bertz CT molecular complexity index is 635. The first kappa shape index (κ1) is 21.0. The van der Waals surface area contributed by atoms with Crippen LogP contribution in [0.15, 0.2) is 53.7 Å². The van der Waals surface area contributed by atoms with Gasteiger partial charge in [0.15, 0.2) is 5.96 Å². The van der Waals surface area contributed by atoms with Crippen molar-refractivity contribution in [1.29, 1.82) is 0 Å². The van der Waals surface area contributed by atoms with Crippen molar-refractivity contribution in [3.63, 3.8) is 0 Å². The maximum absolute atomic E-state index is 5.86. The molecule has 0 aliphatic carbocycles. The molecule has 2 aromatic rings. The molecule has 2 rings (SSSR count). The number of halogens is 1. The SMILES string of the molecule is COc1ccc(OC(C)CN=C(N)NCCc2ccccn2)cc1.I. The summed E-state index contributed by atoms with van der Waals surface area (Å²) in [5, 5.41) is 3.08. The van der Waals surface area contributed by atoms with E-state index in [0.717, 1.165) is 23.6 Å². The zero-order valence-electron chi connectivity index (χ0n) is 14.5. The van der Waals surface area contributed by atoms with E-state index in [1.54, 1.807) is 13.3 Å². The summed E-state index contributed by atoms with van der Waals surface area (Å²) in [6, 6.07) is 13.3. The Morgan fingerprint density at radius 2 is 1.92 bits per heavy atom. The predicted molar refractivity (Wildman–Crippen MR) is 111 cm³/mol. The van der Waals surface area contributed by atoms with E-state index in [1.165, 1.54) is 0 Å². The van der Waals surface area contributed by atoms with Crippen molar-refractivity contribution in [3.05, 3.63) is 54.4 Å². The minimum atomic E-state index is -0.0745. The second-order valence-electron chi connectivity index (χ2n) is 5.33. The molecule has 0 spiro atoms. The van der Waals surface area contributed by atoms with Gasteiger partial charge in [0.1, 0.15) is 17.6 Å². The van der Waals surface area contributed by atoms with E-state index in [9.17, 15) is 0 Å². The number of nitrogens with zero attached hydrogens (tertiary/aromatic N) is 2. The molecule has 7 heteroatoms. The number of guanidine groups is 1. The quantitative estimate of drug-likeness (QED) is 0.363. The monoisotopic (exact) mass is 456 g/mol. The standard InChI is InChI=1S/C18H24N4O2.HI/c1-14(24-17-8-6-16(23-2)7-9-17)13-22-18(19)21-12-10-15-5-3-4-11-20-15;/h3-9,11,14H,10,12-13H2,1-2H3,(H3,19,21,22);1H. The largest absolute Gasteiger partial charge is 0.497 e. The summed E-state index contributed by atoms with van der Waals surface area (Å²) in [6.07, 6.45) is 2.51. The van der Waals surface area contributed by atoms with Gasteiger partial charge in [0.2, 0.25) is 0 Å². The number of methoxy groups -OCH3 is 1. The lowest BCUT2D eigenvalue weighted by atomic mass is 10.3. The van der Waals surface area contributed by atoms with Gasteiger partial charge < -0.3 is 20.5 Å². The van der Waals surface area contributed by atoms with Gasteiger partial charge in [-0.15, -0.1) is 24.0 Å². The number of hydrogen-bond donors (Lipinski definition) is 2. The molecule has 0 radical (unpaired) electrons. The Morgan fingerprint density at radius 1 is 1.20 bits per heavy atom. The van der Waals surface area contributed by atoms with E-state index in [1.807, 2.05) is 49.4 Å². The third-order valence-corrected chi connectivity index (χ3v) is 3.33. The van der Waals surface area contributed by atoms with Gasteiger partial charge in [-0.05, 0) is 43.3 Å². The Morgan fingerprint density at radius 3 is 2.56 bits per heavy atom. The molecule has 0 aliphatic heterocycles. The van der Waals surface area contributed by atoms with E-state index in [-0.39, 0.29) is 30.1 Å². The van der Waals surface area contributed by atoms with E-state index < -0.39 is 0 Å². The maximum Gasteiger partial charge on any atom is 0.188 e. The Kier molecular flexibility index (Phi) is 9.68. The summed E-state index contributed by atoms with van der Waals surface area (Å²) in [6.45, 7) is 3.13. The van der Waals surface area contributed by atoms with E-state index in [2.05, 4.69) is 15.3 Å². The van der Waals surface area contributed by atoms with E-state index >= 15 is 0 Å². The number of hydrogen-bond acceptors (Lipinski definition) is 4. The Labute approximate surface area is 165 Å². The summed E-state index contributed by atoms with van der Waals surface area (Å²) in [5.74, 6) is 1.99. The number of aromatic nitrogens is 1. The molecule has 0 aliphatic rings. The fourth-order valence-corrected chi connectivity index (χ4v) is 2.07. The highest BCUT2D eigenvalue weighted by Gasteiger charge is 2.04. The van der Waals surface area contributed by atoms with Crippen LogP contribution in [0, 0.1) is 0 Å². The van der Waals surface area contributed by atoms with Gasteiger partial charge in [0, 0.05) is 24.9 Å². The number of aliphatic imine (C=N–C) groups is 1. The lowest BCUT2D eigenvalue weighted by Gasteiger charge is -2.13. The van der Waals surface area contributed by atoms with Gasteiger partial charge in [-0.2, -0.15) is 0 Å². The molecule has 0 saturated heterocycles. The van der Waals surface area contributed by atoms with Crippen LogP contribution >= 0.6 is 24.0 Å². The van der Waals surface area contributed by atoms with Crippen LogP contribution in [0.3, 0.4) is 0 Å². The Balaban J connectivity index is 0.00000312. The summed E-state index contributed by atoms with van der Waals surface area (Å²) >= 11 is 0. The number of rotatable bonds is 8. The van der Waals surface area contributed by atoms with Crippen molar-refractivity contribution in [2.24, 2.45) is 10.7 Å². The van der Waals surface area contributed by atoms with Crippen molar-refractivity contribution in [2.45, 2.75) is 19.4 Å². The van der Waals surface area contributed by atoms with Crippen LogP contribution in [0.4, 0.5) is 0 Å². The van der Waals surface area contributed by atoms with Crippen LogP contribution in [0.1, 0.15) is 12.6 Å². The van der Waals surface area contributed by atoms with Crippen LogP contribution in [0.5, 0.6) is 11.5 Å². The minimum Gasteiger partial charge on any atom is -0.497 e. The maximum atomic E-state index is 5.86. The zero-order chi connectivity index (χ0) is 17.2. The minimum absolute atomic E-state index is 0. The summed E-state index contributed by atoms with van der Waals surface area (Å²) in [5.41, 5.74) is 6.89. The lowest BCUT2D eigenvalue weighted by Crippen LogP contribution is -2.34. The summed E-state index contributed by atoms with van der Waals surface area (Å²) in [4.78, 5) is 8.56. The molecule has 0 amide bonds. The highest BCUT2D eigenvalue weighted by Crippen LogP contribution is 2.18. The molecule has 1 atom stereocenters. The number of ether oxygens (including phenoxy) is 2. The zero-order valence-corrected chi connectivity index (χ0v) is 16.8. The van der Waals surface area contributed by atoms with Gasteiger partial charge in [0.05, 0.1) is 13.7 Å². The van der Waals surface area contributed by atoms with Gasteiger partial charge in [-0.1, -0.05) is 6.07 Å². The van der Waals surface area contributed by atoms with Gasteiger partial charge in [-0.3, -0.25) is 4.98 Å². The smallest absolute Gasteiger partial charge is 0.188 e. The van der Waals surface area contributed by atoms with Crippen LogP contribution < -0.4 is 20.5 Å². The predicted octanol–water partition coefficient (Wildman–Crippen LogP) is 2.62. The van der Waals surface area contributed by atoms with Crippen molar-refractivity contribution in [2.75, 3.05) is 20.2 Å². The molecule has 0 saturated carbocycles. The number of nitrogens with two attached hydrogens (primary N) is 1. The van der Waals surface area contributed by atoms with Crippen molar-refractivity contribution >= 4 is 29.9 Å². The molecular weight excluding hydrogens is 431 g/mol. The molecule has 25 heavy (non-hydrogen) atoms. The first-order valence-corrected chi connectivity index (χ1v) is 7.92. The molecule has 1 unspecified atom stereocenters. The van der Waals surface area contributed by atoms with Crippen LogP contribution in [0.25, 0.3) is 0 Å². The molecule has 6 nitrogen and oxygen atoms in total. The summed E-state index contributed by atoms with van der Waals surface area (Å²) in [7, 11) is 1.64. The topological polar surface area (TPSA) is 81.8 Å². The van der Waals surface area contributed by atoms with Crippen molar-refractivity contribution in [3.8, 4) is 11.5 Å². The number of nitrogens with one attached hydrogen (secondary N) is 1. The molecule has 3 N–H and O–H groups in total. The summed E-state index contributed by atoms with van der Waals surface area (Å²) < 4.78 is 10.9. The third-order valence-electron chi connectivity index (χ3n) is 3.33. The van der Waals surface area contributed by atoms with Gasteiger partial charge in [-0.25, -0.2) is 4.99 Å². The molecular formula is C18H25IN4O2. The molecule has 1 heterocycles. The fourth-order valence-electron chi connectivity index (χ4n) is 2.07. The highest BCUT2D eigenvalue weighted by molar-refractivity contribution is 14.0. The lowest BCUT2D eigenvalue weighted by molar-refractivity contribution is 0.230. The van der Waals surface area contributed by atoms with Gasteiger partial charge >= 0.3 is 0 Å². The molecule has 0 bridgehead atoms. The first-order valence-electron chi connectivity index (χ1n) is 7.92. The molecule has 1 aromatic carbocycles. The average molecular weight is 456 g/mol. The average Bonchev–Trinajstić information content (AvgIpc) is 2.61. The van der Waals surface area contributed by atoms with Crippen LogP contribution in [-0.4, -0.2) is 37.2 Å². The van der Waals surface area contributed by atoms with E-state index in [4.69, 9.17) is 15.2 Å². The molecule has 0 fully saturated rings. The normalized spacial score (nSPS) is 12.0. The van der Waals surface area contributed by atoms with E-state index in [0.29, 0.717) is 19.0 Å². The van der Waals surface area contributed by atoms with Gasteiger partial charge in [0.25, 0.3) is 0 Å².